The van der Waals surface area contributed by atoms with Crippen LogP contribution in [0.5, 0.6) is 0 Å². The third kappa shape index (κ3) is 103000. The van der Waals surface area contributed by atoms with Crippen LogP contribution in [-0.4, -0.2) is 55.9 Å². The summed E-state index contributed by atoms with van der Waals surface area (Å²) in [6.07, 6.45) is 0. The molecule has 0 aliphatic carbocycles. The zero-order valence-electron chi connectivity index (χ0n) is 5.92. The molecule has 0 fully saturated rings. The monoisotopic (exact) mass is 277 g/mol. The van der Waals surface area contributed by atoms with Crippen molar-refractivity contribution in [3.63, 3.8) is 0 Å². The summed E-state index contributed by atoms with van der Waals surface area (Å²) in [5.41, 5.74) is 0. The van der Waals surface area contributed by atoms with Gasteiger partial charge in [0.05, 0.1) is 0 Å². The van der Waals surface area contributed by atoms with Crippen molar-refractivity contribution in [3.05, 3.63) is 0 Å². The standard InChI is InChI=1S/Mn.H2O4S.7H2O/c;1-5(2,3)4;;;;;;;/h;(H2,1,2,3,4);7*1H2/q+2;;;;;;;;/p-2. The molecule has 0 unspecified atom stereocenters. The Balaban J connectivity index is -0.00000000286. The minimum Gasteiger partial charge on any atom is -0.759 e. The van der Waals surface area contributed by atoms with Crippen molar-refractivity contribution in [2.45, 2.75) is 0 Å². The van der Waals surface area contributed by atoms with Gasteiger partial charge in [0.1, 0.15) is 0 Å². The molecule has 93 valence electrons. The first-order chi connectivity index (χ1) is 2.00. The summed E-state index contributed by atoms with van der Waals surface area (Å²) in [5.74, 6) is 0. The molecule has 0 aromatic rings. The molecule has 14 N–H and O–H groups in total. The molecule has 0 aliphatic rings. The maximum Gasteiger partial charge on any atom is 2.00 e. The van der Waals surface area contributed by atoms with Crippen LogP contribution in [0, 0.1) is 0 Å². The molecule has 0 rings (SSSR count). The Kier molecular flexibility index (Phi) is 351. The van der Waals surface area contributed by atoms with Crippen molar-refractivity contribution in [2.75, 3.05) is 0 Å². The molecule has 11 nitrogen and oxygen atoms in total. The Labute approximate surface area is 84.0 Å². The van der Waals surface area contributed by atoms with E-state index in [1.807, 2.05) is 0 Å². The van der Waals surface area contributed by atoms with E-state index in [0.717, 1.165) is 0 Å². The summed E-state index contributed by atoms with van der Waals surface area (Å²) in [6, 6.07) is 0. The first-order valence-corrected chi connectivity index (χ1v) is 2.00. The average Bonchev–Trinajstić information content (AvgIpc) is 0.722. The van der Waals surface area contributed by atoms with Gasteiger partial charge in [0.2, 0.25) is 0 Å². The van der Waals surface area contributed by atoms with E-state index >= 15 is 0 Å². The van der Waals surface area contributed by atoms with Crippen molar-refractivity contribution < 1.29 is 72.9 Å². The Hall–Kier alpha value is 0.109. The first-order valence-electron chi connectivity index (χ1n) is 0.667. The first kappa shape index (κ1) is 114. The molecule has 0 bridgehead atoms. The molecular formula is H14MnO11S. The fraction of sp³-hybridized carbons (Fsp3) is 0. The van der Waals surface area contributed by atoms with E-state index in [1.54, 1.807) is 0 Å². The Morgan fingerprint density at radius 1 is 0.615 bits per heavy atom. The topological polar surface area (TPSA) is 301 Å². The van der Waals surface area contributed by atoms with Crippen LogP contribution in [0.25, 0.3) is 0 Å². The van der Waals surface area contributed by atoms with Gasteiger partial charge in [0.15, 0.2) is 0 Å². The van der Waals surface area contributed by atoms with E-state index in [4.69, 9.17) is 17.5 Å². The molecule has 0 aliphatic heterocycles. The van der Waals surface area contributed by atoms with Gasteiger partial charge in [-0.25, -0.2) is 0 Å². The van der Waals surface area contributed by atoms with Crippen LogP contribution in [0.15, 0.2) is 0 Å². The van der Waals surface area contributed by atoms with Crippen LogP contribution in [-0.2, 0) is 27.5 Å². The minimum atomic E-state index is -5.17. The van der Waals surface area contributed by atoms with E-state index < -0.39 is 10.4 Å². The predicted molar refractivity (Wildman–Crippen MR) is 35.8 cm³/mol. The molecule has 1 radical (unpaired) electrons. The van der Waals surface area contributed by atoms with Crippen molar-refractivity contribution in [1.29, 1.82) is 0 Å². The summed E-state index contributed by atoms with van der Waals surface area (Å²) >= 11 is 0. The molecule has 0 saturated heterocycles. The Morgan fingerprint density at radius 3 is 0.615 bits per heavy atom. The fourth-order valence-electron chi connectivity index (χ4n) is 0. The molecule has 0 atom stereocenters. The van der Waals surface area contributed by atoms with E-state index in [1.165, 1.54) is 0 Å². The van der Waals surface area contributed by atoms with Gasteiger partial charge in [-0.15, -0.1) is 0 Å². The van der Waals surface area contributed by atoms with Gasteiger partial charge in [-0.05, 0) is 0 Å². The zero-order chi connectivity index (χ0) is 4.50. The van der Waals surface area contributed by atoms with Crippen LogP contribution < -0.4 is 0 Å². The van der Waals surface area contributed by atoms with Gasteiger partial charge in [0, 0.05) is 10.4 Å². The minimum absolute atomic E-state index is 0. The van der Waals surface area contributed by atoms with Gasteiger partial charge in [0.25, 0.3) is 0 Å². The Bertz CT molecular complexity index is 93.3. The molecule has 0 amide bonds. The predicted octanol–water partition coefficient (Wildman–Crippen LogP) is -7.11. The molecule has 0 aromatic carbocycles. The van der Waals surface area contributed by atoms with Crippen LogP contribution >= 0.6 is 0 Å². The van der Waals surface area contributed by atoms with Gasteiger partial charge < -0.3 is 47.4 Å². The van der Waals surface area contributed by atoms with E-state index in [-0.39, 0.29) is 55.4 Å². The van der Waals surface area contributed by atoms with E-state index in [9.17, 15) is 0 Å². The maximum absolute atomic E-state index is 8.52. The van der Waals surface area contributed by atoms with Gasteiger partial charge in [-0.3, -0.25) is 8.42 Å². The molecule has 0 heterocycles. The normalized spacial score (nSPS) is 4.46. The quantitative estimate of drug-likeness (QED) is 0.236. The Morgan fingerprint density at radius 2 is 0.615 bits per heavy atom. The van der Waals surface area contributed by atoms with E-state index in [0.29, 0.717) is 0 Å². The second-order valence-corrected chi connectivity index (χ2v) is 1.22. The van der Waals surface area contributed by atoms with Crippen molar-refractivity contribution >= 4 is 10.4 Å². The smallest absolute Gasteiger partial charge is 0.759 e. The third-order valence-corrected chi connectivity index (χ3v) is 0. The van der Waals surface area contributed by atoms with E-state index in [2.05, 4.69) is 0 Å². The maximum atomic E-state index is 8.52. The third-order valence-electron chi connectivity index (χ3n) is 0. The summed E-state index contributed by atoms with van der Waals surface area (Å²) in [6.45, 7) is 0. The van der Waals surface area contributed by atoms with Gasteiger partial charge in [-0.2, -0.15) is 0 Å². The summed E-state index contributed by atoms with van der Waals surface area (Å²) in [4.78, 5) is 0. The van der Waals surface area contributed by atoms with Crippen LogP contribution in [0.4, 0.5) is 0 Å². The van der Waals surface area contributed by atoms with Gasteiger partial charge >= 0.3 is 17.1 Å². The average molecular weight is 277 g/mol. The largest absolute Gasteiger partial charge is 2.00 e. The zero-order valence-corrected chi connectivity index (χ0v) is 7.92. The second kappa shape index (κ2) is 40.0. The molecule has 13 heavy (non-hydrogen) atoms. The second-order valence-electron chi connectivity index (χ2n) is 0.408. The summed E-state index contributed by atoms with van der Waals surface area (Å²) in [5, 5.41) is 0. The SMILES string of the molecule is O.O.O.O.O.O.O.O=S(=O)([O-])[O-].[Mn+2]. The molecule has 0 spiro atoms. The summed E-state index contributed by atoms with van der Waals surface area (Å²) < 4.78 is 34.1. The number of hydrogen-bond donors (Lipinski definition) is 0. The number of hydrogen-bond acceptors (Lipinski definition) is 4. The van der Waals surface area contributed by atoms with Gasteiger partial charge in [-0.1, -0.05) is 0 Å². The summed E-state index contributed by atoms with van der Waals surface area (Å²) in [7, 11) is -5.17. The van der Waals surface area contributed by atoms with Crippen LogP contribution in [0.1, 0.15) is 0 Å². The molecule has 0 saturated carbocycles. The number of rotatable bonds is 0. The molecular weight excluding hydrogens is 263 g/mol. The van der Waals surface area contributed by atoms with Crippen LogP contribution in [0.3, 0.4) is 0 Å². The van der Waals surface area contributed by atoms with Crippen molar-refractivity contribution in [1.82, 2.24) is 0 Å². The van der Waals surface area contributed by atoms with Crippen molar-refractivity contribution in [2.24, 2.45) is 0 Å². The molecule has 13 heteroatoms. The molecule has 0 aromatic heterocycles. The van der Waals surface area contributed by atoms with Crippen LogP contribution in [0.2, 0.25) is 0 Å². The van der Waals surface area contributed by atoms with Crippen molar-refractivity contribution in [3.8, 4) is 0 Å². The fourth-order valence-corrected chi connectivity index (χ4v) is 0.